The van der Waals surface area contributed by atoms with Gasteiger partial charge in [-0.1, -0.05) is 25.1 Å². The number of benzene rings is 1. The maximum absolute atomic E-state index is 5.64. The van der Waals surface area contributed by atoms with Crippen LogP contribution < -0.4 is 10.6 Å². The van der Waals surface area contributed by atoms with Crippen molar-refractivity contribution in [2.75, 3.05) is 40.0 Å². The Morgan fingerprint density at radius 2 is 2.16 bits per heavy atom. The van der Waals surface area contributed by atoms with Crippen molar-refractivity contribution in [3.8, 4) is 0 Å². The van der Waals surface area contributed by atoms with Gasteiger partial charge in [-0.25, -0.2) is 0 Å². The van der Waals surface area contributed by atoms with Gasteiger partial charge in [0.25, 0.3) is 0 Å². The molecule has 0 amide bonds. The summed E-state index contributed by atoms with van der Waals surface area (Å²) in [6, 6.07) is 10.5. The molecule has 2 rings (SSSR count). The topological polar surface area (TPSA) is 54.9 Å². The standard InChI is InChI=1S/C18H29N3O2S.HI/c1-15(24-17-8-4-3-5-9-17)13-21-18(19-2)20-10-12-22-14-16-7-6-11-23-16;/h3-5,8-9,15-16H,6-7,10-14H2,1-2H3,(H2,19,20,21);1H. The zero-order chi connectivity index (χ0) is 17.0. The normalized spacial score (nSPS) is 18.5. The van der Waals surface area contributed by atoms with Crippen molar-refractivity contribution >= 4 is 41.7 Å². The third-order valence-electron chi connectivity index (χ3n) is 3.73. The highest BCUT2D eigenvalue weighted by Gasteiger charge is 2.15. The lowest BCUT2D eigenvalue weighted by Gasteiger charge is -2.16. The lowest BCUT2D eigenvalue weighted by atomic mass is 10.2. The van der Waals surface area contributed by atoms with Crippen LogP contribution in [0.1, 0.15) is 19.8 Å². The Labute approximate surface area is 172 Å². The largest absolute Gasteiger partial charge is 0.377 e. The Kier molecular flexibility index (Phi) is 12.3. The van der Waals surface area contributed by atoms with Crippen molar-refractivity contribution in [1.82, 2.24) is 10.6 Å². The van der Waals surface area contributed by atoms with Gasteiger partial charge in [-0.3, -0.25) is 4.99 Å². The van der Waals surface area contributed by atoms with E-state index >= 15 is 0 Å². The highest BCUT2D eigenvalue weighted by Crippen LogP contribution is 2.21. The molecule has 25 heavy (non-hydrogen) atoms. The lowest BCUT2D eigenvalue weighted by molar-refractivity contribution is 0.0191. The van der Waals surface area contributed by atoms with Crippen LogP contribution in [0.3, 0.4) is 0 Å². The van der Waals surface area contributed by atoms with Crippen LogP contribution in [0.2, 0.25) is 0 Å². The highest BCUT2D eigenvalue weighted by molar-refractivity contribution is 14.0. The molecule has 0 spiro atoms. The molecule has 2 atom stereocenters. The average Bonchev–Trinajstić information content (AvgIpc) is 3.11. The molecule has 142 valence electrons. The fraction of sp³-hybridized carbons (Fsp3) is 0.611. The van der Waals surface area contributed by atoms with Crippen molar-refractivity contribution in [3.05, 3.63) is 30.3 Å². The first-order valence-electron chi connectivity index (χ1n) is 8.63. The molecule has 1 saturated heterocycles. The summed E-state index contributed by atoms with van der Waals surface area (Å²) in [5, 5.41) is 7.10. The van der Waals surface area contributed by atoms with Crippen molar-refractivity contribution < 1.29 is 9.47 Å². The predicted octanol–water partition coefficient (Wildman–Crippen LogP) is 3.15. The third-order valence-corrected chi connectivity index (χ3v) is 4.84. The Morgan fingerprint density at radius 1 is 1.36 bits per heavy atom. The summed E-state index contributed by atoms with van der Waals surface area (Å²) >= 11 is 1.86. The summed E-state index contributed by atoms with van der Waals surface area (Å²) in [6.45, 7) is 6.04. The van der Waals surface area contributed by atoms with E-state index in [1.807, 2.05) is 17.8 Å². The van der Waals surface area contributed by atoms with Crippen LogP contribution in [0.25, 0.3) is 0 Å². The van der Waals surface area contributed by atoms with E-state index in [1.165, 1.54) is 4.90 Å². The number of hydrogen-bond donors (Lipinski definition) is 2. The molecule has 2 unspecified atom stereocenters. The van der Waals surface area contributed by atoms with E-state index in [2.05, 4.69) is 46.8 Å². The fourth-order valence-electron chi connectivity index (χ4n) is 2.47. The Balaban J connectivity index is 0.00000312. The van der Waals surface area contributed by atoms with Gasteiger partial charge in [-0.2, -0.15) is 0 Å². The molecule has 2 N–H and O–H groups in total. The minimum absolute atomic E-state index is 0. The van der Waals surface area contributed by atoms with Gasteiger partial charge in [-0.05, 0) is 25.0 Å². The fourth-order valence-corrected chi connectivity index (χ4v) is 3.41. The van der Waals surface area contributed by atoms with Crippen LogP contribution in [0.4, 0.5) is 0 Å². The van der Waals surface area contributed by atoms with Gasteiger partial charge in [0.15, 0.2) is 5.96 Å². The Hall–Kier alpha value is -0.510. The Bertz CT molecular complexity index is 484. The van der Waals surface area contributed by atoms with E-state index in [9.17, 15) is 0 Å². The maximum Gasteiger partial charge on any atom is 0.191 e. The van der Waals surface area contributed by atoms with E-state index in [-0.39, 0.29) is 24.0 Å². The molecule has 1 aromatic carbocycles. The van der Waals surface area contributed by atoms with Crippen molar-refractivity contribution in [1.29, 1.82) is 0 Å². The van der Waals surface area contributed by atoms with E-state index < -0.39 is 0 Å². The number of halogens is 1. The second-order valence-electron chi connectivity index (χ2n) is 5.83. The molecule has 0 saturated carbocycles. The van der Waals surface area contributed by atoms with Gasteiger partial charge in [0, 0.05) is 36.9 Å². The molecule has 1 fully saturated rings. The van der Waals surface area contributed by atoms with E-state index in [1.54, 1.807) is 7.05 Å². The molecule has 1 aromatic rings. The molecule has 0 radical (unpaired) electrons. The van der Waals surface area contributed by atoms with Crippen LogP contribution in [0, 0.1) is 0 Å². The van der Waals surface area contributed by atoms with Gasteiger partial charge in [0.1, 0.15) is 0 Å². The van der Waals surface area contributed by atoms with E-state index in [0.29, 0.717) is 24.6 Å². The van der Waals surface area contributed by atoms with Crippen molar-refractivity contribution in [3.63, 3.8) is 0 Å². The summed E-state index contributed by atoms with van der Waals surface area (Å²) in [7, 11) is 1.79. The smallest absolute Gasteiger partial charge is 0.191 e. The maximum atomic E-state index is 5.64. The Morgan fingerprint density at radius 3 is 2.84 bits per heavy atom. The number of guanidine groups is 1. The number of ether oxygens (including phenoxy) is 2. The van der Waals surface area contributed by atoms with Crippen molar-refractivity contribution in [2.45, 2.75) is 36.0 Å². The summed E-state index contributed by atoms with van der Waals surface area (Å²) < 4.78 is 11.2. The molecular weight excluding hydrogens is 449 g/mol. The van der Waals surface area contributed by atoms with E-state index in [0.717, 1.165) is 38.5 Å². The van der Waals surface area contributed by atoms with Gasteiger partial charge >= 0.3 is 0 Å². The lowest BCUT2D eigenvalue weighted by Crippen LogP contribution is -2.41. The molecule has 5 nitrogen and oxygen atoms in total. The molecular formula is C18H30IN3O2S. The number of nitrogens with one attached hydrogen (secondary N) is 2. The first-order valence-corrected chi connectivity index (χ1v) is 9.51. The summed E-state index contributed by atoms with van der Waals surface area (Å²) in [5.41, 5.74) is 0. The number of thioether (sulfide) groups is 1. The summed E-state index contributed by atoms with van der Waals surface area (Å²) in [5.74, 6) is 0.816. The molecule has 0 bridgehead atoms. The van der Waals surface area contributed by atoms with Crippen LogP contribution in [0.5, 0.6) is 0 Å². The monoisotopic (exact) mass is 479 g/mol. The second-order valence-corrected chi connectivity index (χ2v) is 7.34. The van der Waals surface area contributed by atoms with Crippen LogP contribution in [-0.4, -0.2) is 57.3 Å². The third kappa shape index (κ3) is 9.67. The molecule has 1 aliphatic rings. The van der Waals surface area contributed by atoms with Crippen LogP contribution >= 0.6 is 35.7 Å². The van der Waals surface area contributed by atoms with Gasteiger partial charge in [0.2, 0.25) is 0 Å². The molecule has 1 heterocycles. The van der Waals surface area contributed by atoms with Crippen LogP contribution in [0.15, 0.2) is 40.2 Å². The number of rotatable bonds is 9. The van der Waals surface area contributed by atoms with Gasteiger partial charge in [0.05, 0.1) is 19.3 Å². The average molecular weight is 479 g/mol. The molecule has 1 aliphatic heterocycles. The number of hydrogen-bond acceptors (Lipinski definition) is 4. The molecule has 0 aromatic heterocycles. The highest BCUT2D eigenvalue weighted by atomic mass is 127. The van der Waals surface area contributed by atoms with Crippen molar-refractivity contribution in [2.24, 2.45) is 4.99 Å². The molecule has 0 aliphatic carbocycles. The molecule has 7 heteroatoms. The zero-order valence-corrected chi connectivity index (χ0v) is 18.2. The number of nitrogens with zero attached hydrogens (tertiary/aromatic N) is 1. The number of aliphatic imine (C=N–C) groups is 1. The quantitative estimate of drug-likeness (QED) is 0.188. The zero-order valence-electron chi connectivity index (χ0n) is 15.1. The van der Waals surface area contributed by atoms with E-state index in [4.69, 9.17) is 9.47 Å². The first-order chi connectivity index (χ1) is 11.8. The minimum atomic E-state index is 0. The summed E-state index contributed by atoms with van der Waals surface area (Å²) in [6.07, 6.45) is 2.56. The summed E-state index contributed by atoms with van der Waals surface area (Å²) in [4.78, 5) is 5.54. The van der Waals surface area contributed by atoms with Gasteiger partial charge < -0.3 is 20.1 Å². The predicted molar refractivity (Wildman–Crippen MR) is 116 cm³/mol. The first kappa shape index (κ1) is 22.5. The SMILES string of the molecule is CN=C(NCCOCC1CCCO1)NCC(C)Sc1ccccc1.I. The van der Waals surface area contributed by atoms with Crippen LogP contribution in [-0.2, 0) is 9.47 Å². The van der Waals surface area contributed by atoms with Gasteiger partial charge in [-0.15, -0.1) is 35.7 Å². The minimum Gasteiger partial charge on any atom is -0.377 e. The second kappa shape index (κ2) is 13.7.